The summed E-state index contributed by atoms with van der Waals surface area (Å²) in [7, 11) is 0. The van der Waals surface area contributed by atoms with E-state index < -0.39 is 5.97 Å². The number of halogens is 4. The number of aliphatic carboxylic acids is 1. The fourth-order valence-corrected chi connectivity index (χ4v) is 1.75. The zero-order valence-electron chi connectivity index (χ0n) is 7.10. The molecular weight excluding hydrogens is 282 g/mol. The second-order valence-electron chi connectivity index (χ2n) is 2.56. The first-order chi connectivity index (χ1) is 6.93. The van der Waals surface area contributed by atoms with Gasteiger partial charge in [-0.05, 0) is 17.7 Å². The fraction of sp³-hybridized carbons (Fsp3) is 0. The molecule has 0 aliphatic carbocycles. The SMILES string of the molecule is O=C(O)/C=C/c1cc(Cl)c(Cl)c(Cl)c1Cl. The van der Waals surface area contributed by atoms with Gasteiger partial charge in [0.05, 0.1) is 20.1 Å². The Morgan fingerprint density at radius 2 is 1.73 bits per heavy atom. The van der Waals surface area contributed by atoms with E-state index in [0.29, 0.717) is 5.56 Å². The van der Waals surface area contributed by atoms with Crippen molar-refractivity contribution in [3.05, 3.63) is 37.8 Å². The van der Waals surface area contributed by atoms with Gasteiger partial charge >= 0.3 is 5.97 Å². The quantitative estimate of drug-likeness (QED) is 0.497. The van der Waals surface area contributed by atoms with Gasteiger partial charge in [-0.15, -0.1) is 0 Å². The summed E-state index contributed by atoms with van der Waals surface area (Å²) < 4.78 is 0. The van der Waals surface area contributed by atoms with Crippen molar-refractivity contribution in [3.63, 3.8) is 0 Å². The molecule has 0 saturated carbocycles. The molecule has 1 aromatic carbocycles. The number of hydrogen-bond acceptors (Lipinski definition) is 1. The molecule has 0 saturated heterocycles. The van der Waals surface area contributed by atoms with E-state index in [0.717, 1.165) is 6.08 Å². The summed E-state index contributed by atoms with van der Waals surface area (Å²) >= 11 is 23.1. The molecule has 0 radical (unpaired) electrons. The van der Waals surface area contributed by atoms with E-state index in [1.165, 1.54) is 12.1 Å². The Kier molecular flexibility index (Phi) is 4.29. The molecule has 0 amide bonds. The van der Waals surface area contributed by atoms with Crippen molar-refractivity contribution >= 4 is 58.4 Å². The van der Waals surface area contributed by atoms with E-state index in [1.54, 1.807) is 0 Å². The topological polar surface area (TPSA) is 37.3 Å². The summed E-state index contributed by atoms with van der Waals surface area (Å²) in [5.74, 6) is -1.09. The normalized spacial score (nSPS) is 10.9. The first-order valence-corrected chi connectivity index (χ1v) is 5.18. The summed E-state index contributed by atoms with van der Waals surface area (Å²) in [6.45, 7) is 0. The van der Waals surface area contributed by atoms with Gasteiger partial charge in [-0.2, -0.15) is 0 Å². The zero-order chi connectivity index (χ0) is 11.6. The number of carboxylic acids is 1. The average Bonchev–Trinajstić information content (AvgIpc) is 2.18. The van der Waals surface area contributed by atoms with Crippen LogP contribution in [-0.2, 0) is 4.79 Å². The molecule has 6 heteroatoms. The highest BCUT2D eigenvalue weighted by Crippen LogP contribution is 2.38. The Morgan fingerprint density at radius 1 is 1.13 bits per heavy atom. The van der Waals surface area contributed by atoms with E-state index in [9.17, 15) is 4.79 Å². The minimum Gasteiger partial charge on any atom is -0.478 e. The summed E-state index contributed by atoms with van der Waals surface area (Å²) in [6.07, 6.45) is 2.22. The second-order valence-corrected chi connectivity index (χ2v) is 4.10. The highest BCUT2D eigenvalue weighted by molar-refractivity contribution is 6.52. The van der Waals surface area contributed by atoms with Gasteiger partial charge in [0.2, 0.25) is 0 Å². The van der Waals surface area contributed by atoms with E-state index in [2.05, 4.69) is 0 Å². The maximum atomic E-state index is 10.3. The third-order valence-corrected chi connectivity index (χ3v) is 3.30. The lowest BCUT2D eigenvalue weighted by atomic mass is 10.2. The van der Waals surface area contributed by atoms with Crippen LogP contribution in [0.2, 0.25) is 20.1 Å². The van der Waals surface area contributed by atoms with Crippen LogP contribution in [0.15, 0.2) is 12.1 Å². The van der Waals surface area contributed by atoms with Crippen molar-refractivity contribution in [3.8, 4) is 0 Å². The summed E-state index contributed by atoms with van der Waals surface area (Å²) in [4.78, 5) is 10.3. The van der Waals surface area contributed by atoms with Crippen LogP contribution in [0.4, 0.5) is 0 Å². The van der Waals surface area contributed by atoms with Gasteiger partial charge in [-0.1, -0.05) is 46.4 Å². The molecule has 0 spiro atoms. The van der Waals surface area contributed by atoms with Crippen molar-refractivity contribution in [2.24, 2.45) is 0 Å². The molecule has 0 aromatic heterocycles. The third-order valence-electron chi connectivity index (χ3n) is 1.54. The molecule has 0 fully saturated rings. The molecule has 0 bridgehead atoms. The van der Waals surface area contributed by atoms with Gasteiger partial charge in [-0.25, -0.2) is 4.79 Å². The van der Waals surface area contributed by atoms with Crippen LogP contribution in [0.5, 0.6) is 0 Å². The van der Waals surface area contributed by atoms with Gasteiger partial charge in [0.25, 0.3) is 0 Å². The minimum atomic E-state index is -1.09. The maximum absolute atomic E-state index is 10.3. The molecule has 15 heavy (non-hydrogen) atoms. The zero-order valence-corrected chi connectivity index (χ0v) is 10.1. The van der Waals surface area contributed by atoms with Crippen LogP contribution >= 0.6 is 46.4 Å². The van der Waals surface area contributed by atoms with Gasteiger partial charge in [0.15, 0.2) is 0 Å². The molecule has 0 aliphatic heterocycles. The van der Waals surface area contributed by atoms with Crippen LogP contribution in [0.3, 0.4) is 0 Å². The van der Waals surface area contributed by atoms with Crippen molar-refractivity contribution in [2.75, 3.05) is 0 Å². The van der Waals surface area contributed by atoms with Gasteiger partial charge in [0.1, 0.15) is 0 Å². The first-order valence-electron chi connectivity index (χ1n) is 3.67. The van der Waals surface area contributed by atoms with Crippen LogP contribution in [0.25, 0.3) is 6.08 Å². The Hall–Kier alpha value is -0.410. The molecular formula is C9H4Cl4O2. The van der Waals surface area contributed by atoms with Crippen LogP contribution < -0.4 is 0 Å². The lowest BCUT2D eigenvalue weighted by Crippen LogP contribution is -1.87. The predicted molar refractivity (Wildman–Crippen MR) is 63.2 cm³/mol. The smallest absolute Gasteiger partial charge is 0.328 e. The van der Waals surface area contributed by atoms with E-state index in [1.807, 2.05) is 0 Å². The Balaban J connectivity index is 3.26. The molecule has 80 valence electrons. The molecule has 2 nitrogen and oxygen atoms in total. The number of carbonyl (C=O) groups is 1. The van der Waals surface area contributed by atoms with Gasteiger partial charge in [-0.3, -0.25) is 0 Å². The summed E-state index contributed by atoms with van der Waals surface area (Å²) in [6, 6.07) is 1.44. The van der Waals surface area contributed by atoms with Crippen LogP contribution in [0.1, 0.15) is 5.56 Å². The van der Waals surface area contributed by atoms with Gasteiger partial charge in [0, 0.05) is 6.08 Å². The van der Waals surface area contributed by atoms with Crippen molar-refractivity contribution in [2.45, 2.75) is 0 Å². The number of hydrogen-bond donors (Lipinski definition) is 1. The van der Waals surface area contributed by atoms with Crippen molar-refractivity contribution in [1.82, 2.24) is 0 Å². The molecule has 0 atom stereocenters. The van der Waals surface area contributed by atoms with Crippen molar-refractivity contribution < 1.29 is 9.90 Å². The average molecular weight is 286 g/mol. The second kappa shape index (κ2) is 5.08. The first kappa shape index (κ1) is 12.7. The molecule has 0 aliphatic rings. The summed E-state index contributed by atoms with van der Waals surface area (Å²) in [5, 5.41) is 9.08. The lowest BCUT2D eigenvalue weighted by molar-refractivity contribution is -0.131. The maximum Gasteiger partial charge on any atom is 0.328 e. The minimum absolute atomic E-state index is 0.107. The third kappa shape index (κ3) is 3.02. The number of rotatable bonds is 2. The van der Waals surface area contributed by atoms with E-state index in [-0.39, 0.29) is 20.1 Å². The summed E-state index contributed by atoms with van der Waals surface area (Å²) in [5.41, 5.74) is 0.401. The molecule has 1 rings (SSSR count). The molecule has 1 N–H and O–H groups in total. The van der Waals surface area contributed by atoms with Crippen LogP contribution in [-0.4, -0.2) is 11.1 Å². The Labute approximate surface area is 106 Å². The molecule has 1 aromatic rings. The Bertz CT molecular complexity index is 440. The highest BCUT2D eigenvalue weighted by Gasteiger charge is 2.11. The van der Waals surface area contributed by atoms with E-state index >= 15 is 0 Å². The highest BCUT2D eigenvalue weighted by atomic mass is 35.5. The fourth-order valence-electron chi connectivity index (χ4n) is 0.874. The van der Waals surface area contributed by atoms with Crippen LogP contribution in [0, 0.1) is 0 Å². The molecule has 0 heterocycles. The number of carboxylic acid groups (broad SMARTS) is 1. The van der Waals surface area contributed by atoms with E-state index in [4.69, 9.17) is 51.5 Å². The van der Waals surface area contributed by atoms with Crippen molar-refractivity contribution in [1.29, 1.82) is 0 Å². The Morgan fingerprint density at radius 3 is 2.27 bits per heavy atom. The van der Waals surface area contributed by atoms with Gasteiger partial charge < -0.3 is 5.11 Å². The lowest BCUT2D eigenvalue weighted by Gasteiger charge is -2.05. The monoisotopic (exact) mass is 284 g/mol. The largest absolute Gasteiger partial charge is 0.478 e. The standard InChI is InChI=1S/C9H4Cl4O2/c10-5-3-4(1-2-6(14)15)7(11)9(13)8(5)12/h1-3H,(H,14,15)/b2-1+. The predicted octanol–water partition coefficient (Wildman–Crippen LogP) is 4.40. The number of benzene rings is 1. The molecule has 0 unspecified atom stereocenters.